The lowest BCUT2D eigenvalue weighted by Crippen LogP contribution is -2.23. The second kappa shape index (κ2) is 6.65. The van der Waals surface area contributed by atoms with Crippen molar-refractivity contribution < 1.29 is 14.7 Å². The van der Waals surface area contributed by atoms with Crippen molar-refractivity contribution in [1.82, 2.24) is 20.3 Å². The summed E-state index contributed by atoms with van der Waals surface area (Å²) < 4.78 is 1.59. The summed E-state index contributed by atoms with van der Waals surface area (Å²) >= 11 is 0. The van der Waals surface area contributed by atoms with Crippen molar-refractivity contribution in [3.63, 3.8) is 0 Å². The Bertz CT molecular complexity index is 634. The molecule has 0 aliphatic heterocycles. The molecule has 110 valence electrons. The Morgan fingerprint density at radius 1 is 1.29 bits per heavy atom. The van der Waals surface area contributed by atoms with Crippen LogP contribution in [0.15, 0.2) is 30.5 Å². The molecule has 0 saturated carbocycles. The average Bonchev–Trinajstić information content (AvgIpc) is 2.89. The van der Waals surface area contributed by atoms with Crippen LogP contribution in [-0.4, -0.2) is 32.0 Å². The monoisotopic (exact) mass is 288 g/mol. The quantitative estimate of drug-likeness (QED) is 0.818. The van der Waals surface area contributed by atoms with E-state index < -0.39 is 5.97 Å². The molecule has 1 amide bonds. The van der Waals surface area contributed by atoms with E-state index in [-0.39, 0.29) is 11.5 Å². The Labute approximate surface area is 121 Å². The number of aromatic nitrogens is 3. The molecule has 0 saturated heterocycles. The molecular formula is C14H16N4O3. The van der Waals surface area contributed by atoms with Crippen LogP contribution in [0.4, 0.5) is 0 Å². The number of carbonyl (C=O) groups is 2. The number of hydrogen-bond acceptors (Lipinski definition) is 4. The zero-order valence-corrected chi connectivity index (χ0v) is 11.6. The minimum atomic E-state index is -0.963. The minimum absolute atomic E-state index is 0.0806. The Balaban J connectivity index is 1.77. The Kier molecular flexibility index (Phi) is 4.65. The van der Waals surface area contributed by atoms with Gasteiger partial charge in [0, 0.05) is 32.6 Å². The number of amides is 1. The topological polar surface area (TPSA) is 97.1 Å². The molecule has 1 aromatic heterocycles. The molecule has 1 heterocycles. The number of benzene rings is 1. The number of carbonyl (C=O) groups excluding carboxylic acids is 1. The molecule has 0 aliphatic carbocycles. The third-order valence-corrected chi connectivity index (χ3v) is 2.95. The molecule has 2 aromatic rings. The number of nitrogens with one attached hydrogen (secondary N) is 1. The molecule has 0 radical (unpaired) electrons. The molecule has 2 rings (SSSR count). The number of aryl methyl sites for hydroxylation is 2. The number of carboxylic acids is 1. The van der Waals surface area contributed by atoms with Gasteiger partial charge in [-0.05, 0) is 17.7 Å². The van der Waals surface area contributed by atoms with E-state index in [4.69, 9.17) is 5.11 Å². The van der Waals surface area contributed by atoms with E-state index in [1.54, 1.807) is 30.1 Å². The second-order valence-corrected chi connectivity index (χ2v) is 4.66. The SMILES string of the molecule is Cn1cc(CCC(=O)NCc2ccc(C(=O)O)cc2)nn1. The van der Waals surface area contributed by atoms with E-state index in [1.807, 2.05) is 0 Å². The van der Waals surface area contributed by atoms with Crippen LogP contribution in [0.3, 0.4) is 0 Å². The highest BCUT2D eigenvalue weighted by atomic mass is 16.4. The van der Waals surface area contributed by atoms with Crippen molar-refractivity contribution in [1.29, 1.82) is 0 Å². The van der Waals surface area contributed by atoms with Gasteiger partial charge in [0.15, 0.2) is 0 Å². The Hall–Kier alpha value is -2.70. The van der Waals surface area contributed by atoms with Crippen molar-refractivity contribution in [3.05, 3.63) is 47.3 Å². The maximum Gasteiger partial charge on any atom is 0.335 e. The van der Waals surface area contributed by atoms with E-state index in [0.717, 1.165) is 11.3 Å². The number of carboxylic acid groups (broad SMARTS) is 1. The van der Waals surface area contributed by atoms with Gasteiger partial charge in [0.25, 0.3) is 0 Å². The van der Waals surface area contributed by atoms with Gasteiger partial charge in [0.1, 0.15) is 0 Å². The first-order valence-corrected chi connectivity index (χ1v) is 6.49. The minimum Gasteiger partial charge on any atom is -0.478 e. The fourth-order valence-electron chi connectivity index (χ4n) is 1.81. The van der Waals surface area contributed by atoms with Crippen molar-refractivity contribution >= 4 is 11.9 Å². The largest absolute Gasteiger partial charge is 0.478 e. The van der Waals surface area contributed by atoms with E-state index in [0.29, 0.717) is 19.4 Å². The van der Waals surface area contributed by atoms with Crippen molar-refractivity contribution in [2.45, 2.75) is 19.4 Å². The summed E-state index contributed by atoms with van der Waals surface area (Å²) in [4.78, 5) is 22.4. The van der Waals surface area contributed by atoms with E-state index in [2.05, 4.69) is 15.6 Å². The molecule has 7 heteroatoms. The molecule has 7 nitrogen and oxygen atoms in total. The van der Waals surface area contributed by atoms with Crippen LogP contribution < -0.4 is 5.32 Å². The number of rotatable bonds is 6. The van der Waals surface area contributed by atoms with Crippen LogP contribution in [0.2, 0.25) is 0 Å². The predicted molar refractivity (Wildman–Crippen MR) is 74.6 cm³/mol. The maximum absolute atomic E-state index is 11.7. The summed E-state index contributed by atoms with van der Waals surface area (Å²) in [6.45, 7) is 0.374. The van der Waals surface area contributed by atoms with Crippen molar-refractivity contribution in [2.75, 3.05) is 0 Å². The fraction of sp³-hybridized carbons (Fsp3) is 0.286. The van der Waals surface area contributed by atoms with Crippen LogP contribution in [-0.2, 0) is 24.8 Å². The van der Waals surface area contributed by atoms with Crippen LogP contribution in [0.25, 0.3) is 0 Å². The summed E-state index contributed by atoms with van der Waals surface area (Å²) in [6.07, 6.45) is 2.65. The van der Waals surface area contributed by atoms with Gasteiger partial charge in [-0.15, -0.1) is 5.10 Å². The normalized spacial score (nSPS) is 10.3. The molecule has 0 fully saturated rings. The lowest BCUT2D eigenvalue weighted by Gasteiger charge is -2.05. The Morgan fingerprint density at radius 3 is 2.57 bits per heavy atom. The van der Waals surface area contributed by atoms with Gasteiger partial charge in [-0.25, -0.2) is 4.79 Å². The predicted octanol–water partition coefficient (Wildman–Crippen LogP) is 0.762. The van der Waals surface area contributed by atoms with Gasteiger partial charge in [0.05, 0.1) is 11.3 Å². The molecule has 2 N–H and O–H groups in total. The highest BCUT2D eigenvalue weighted by molar-refractivity contribution is 5.87. The molecule has 21 heavy (non-hydrogen) atoms. The van der Waals surface area contributed by atoms with E-state index in [9.17, 15) is 9.59 Å². The first-order chi connectivity index (χ1) is 10.0. The summed E-state index contributed by atoms with van der Waals surface area (Å²) in [5.41, 5.74) is 1.86. The second-order valence-electron chi connectivity index (χ2n) is 4.66. The number of hydrogen-bond donors (Lipinski definition) is 2. The molecule has 0 bridgehead atoms. The summed E-state index contributed by atoms with van der Waals surface area (Å²) in [6, 6.07) is 6.41. The molecule has 1 aromatic carbocycles. The van der Waals surface area contributed by atoms with Gasteiger partial charge in [-0.2, -0.15) is 0 Å². The molecule has 0 spiro atoms. The summed E-state index contributed by atoms with van der Waals surface area (Å²) in [5, 5.41) is 19.3. The molecule has 0 unspecified atom stereocenters. The van der Waals surface area contributed by atoms with E-state index in [1.165, 1.54) is 12.1 Å². The molecule has 0 aliphatic rings. The first-order valence-electron chi connectivity index (χ1n) is 6.49. The molecular weight excluding hydrogens is 272 g/mol. The van der Waals surface area contributed by atoms with E-state index >= 15 is 0 Å². The third-order valence-electron chi connectivity index (χ3n) is 2.95. The number of nitrogens with zero attached hydrogens (tertiary/aromatic N) is 3. The third kappa shape index (κ3) is 4.41. The van der Waals surface area contributed by atoms with Gasteiger partial charge >= 0.3 is 5.97 Å². The smallest absolute Gasteiger partial charge is 0.335 e. The van der Waals surface area contributed by atoms with Crippen molar-refractivity contribution in [2.24, 2.45) is 7.05 Å². The van der Waals surface area contributed by atoms with Crippen LogP contribution in [0, 0.1) is 0 Å². The first kappa shape index (κ1) is 14.7. The summed E-state index contributed by atoms with van der Waals surface area (Å²) in [7, 11) is 1.78. The van der Waals surface area contributed by atoms with Gasteiger partial charge in [-0.1, -0.05) is 17.3 Å². The maximum atomic E-state index is 11.7. The lowest BCUT2D eigenvalue weighted by atomic mass is 10.1. The van der Waals surface area contributed by atoms with Gasteiger partial charge < -0.3 is 10.4 Å². The van der Waals surface area contributed by atoms with Crippen LogP contribution in [0.5, 0.6) is 0 Å². The van der Waals surface area contributed by atoms with Gasteiger partial charge in [0.2, 0.25) is 5.91 Å². The standard InChI is InChI=1S/C14H16N4O3/c1-18-9-12(16-17-18)6-7-13(19)15-8-10-2-4-11(5-3-10)14(20)21/h2-5,9H,6-8H2,1H3,(H,15,19)(H,20,21). The highest BCUT2D eigenvalue weighted by Crippen LogP contribution is 2.04. The summed E-state index contributed by atoms with van der Waals surface area (Å²) in [5.74, 6) is -1.04. The Morgan fingerprint density at radius 2 is 2.00 bits per heavy atom. The van der Waals surface area contributed by atoms with Crippen LogP contribution >= 0.6 is 0 Å². The lowest BCUT2D eigenvalue weighted by molar-refractivity contribution is -0.121. The average molecular weight is 288 g/mol. The van der Waals surface area contributed by atoms with Crippen molar-refractivity contribution in [3.8, 4) is 0 Å². The molecule has 0 atom stereocenters. The highest BCUT2D eigenvalue weighted by Gasteiger charge is 2.06. The zero-order chi connectivity index (χ0) is 15.2. The van der Waals surface area contributed by atoms with Gasteiger partial charge in [-0.3, -0.25) is 9.48 Å². The number of aromatic carboxylic acids is 1. The fourth-order valence-corrected chi connectivity index (χ4v) is 1.81. The zero-order valence-electron chi connectivity index (χ0n) is 11.6. The van der Waals surface area contributed by atoms with Crippen LogP contribution in [0.1, 0.15) is 28.0 Å².